The van der Waals surface area contributed by atoms with E-state index in [1.165, 1.54) is 6.07 Å². The van der Waals surface area contributed by atoms with Gasteiger partial charge in [-0.25, -0.2) is 4.39 Å². The molecule has 92 valence electrons. The Morgan fingerprint density at radius 2 is 2.18 bits per heavy atom. The molecular formula is C14H17FO2. The lowest BCUT2D eigenvalue weighted by molar-refractivity contribution is -0.148. The maximum absolute atomic E-state index is 13.7. The van der Waals surface area contributed by atoms with Gasteiger partial charge in [-0.05, 0) is 56.2 Å². The minimum atomic E-state index is -0.844. The normalized spacial score (nSPS) is 19.8. The number of benzene rings is 1. The Morgan fingerprint density at radius 1 is 1.47 bits per heavy atom. The highest BCUT2D eigenvalue weighted by molar-refractivity contribution is 5.75. The third kappa shape index (κ3) is 1.94. The van der Waals surface area contributed by atoms with E-state index >= 15 is 0 Å². The summed E-state index contributed by atoms with van der Waals surface area (Å²) in [7, 11) is 0. The molecular weight excluding hydrogens is 219 g/mol. The van der Waals surface area contributed by atoms with Gasteiger partial charge in [0.2, 0.25) is 0 Å². The summed E-state index contributed by atoms with van der Waals surface area (Å²) in [6, 6.07) is 4.99. The van der Waals surface area contributed by atoms with E-state index in [0.29, 0.717) is 12.0 Å². The molecule has 17 heavy (non-hydrogen) atoms. The molecule has 2 rings (SSSR count). The van der Waals surface area contributed by atoms with Crippen LogP contribution in [0.2, 0.25) is 0 Å². The minimum Gasteiger partial charge on any atom is -0.481 e. The summed E-state index contributed by atoms with van der Waals surface area (Å²) in [5.74, 6) is -1.12. The summed E-state index contributed by atoms with van der Waals surface area (Å²) in [4.78, 5) is 11.3. The monoisotopic (exact) mass is 236 g/mol. The second-order valence-electron chi connectivity index (χ2n) is 5.28. The molecule has 1 aliphatic carbocycles. The number of fused-ring (bicyclic) bond motifs is 1. The molecule has 0 aromatic heterocycles. The number of halogens is 1. The molecule has 0 aliphatic heterocycles. The first-order valence-corrected chi connectivity index (χ1v) is 5.95. The Hall–Kier alpha value is -1.38. The first-order chi connectivity index (χ1) is 7.94. The number of carboxylic acid groups (broad SMARTS) is 1. The average Bonchev–Trinajstić information content (AvgIpc) is 2.28. The summed E-state index contributed by atoms with van der Waals surface area (Å²) in [6.45, 7) is 3.44. The van der Waals surface area contributed by atoms with Crippen LogP contribution in [0.3, 0.4) is 0 Å². The second-order valence-corrected chi connectivity index (χ2v) is 5.28. The molecule has 2 nitrogen and oxygen atoms in total. The van der Waals surface area contributed by atoms with E-state index in [1.807, 2.05) is 6.07 Å². The van der Waals surface area contributed by atoms with Crippen molar-refractivity contribution in [1.82, 2.24) is 0 Å². The van der Waals surface area contributed by atoms with Crippen LogP contribution in [0.15, 0.2) is 18.2 Å². The van der Waals surface area contributed by atoms with Crippen molar-refractivity contribution in [2.45, 2.75) is 39.0 Å². The van der Waals surface area contributed by atoms with Gasteiger partial charge in [0.05, 0.1) is 5.41 Å². The zero-order chi connectivity index (χ0) is 12.6. The molecule has 1 N–H and O–H groups in total. The largest absolute Gasteiger partial charge is 0.481 e. The van der Waals surface area contributed by atoms with E-state index in [4.69, 9.17) is 0 Å². The van der Waals surface area contributed by atoms with Crippen LogP contribution in [0.1, 0.15) is 43.7 Å². The lowest BCUT2D eigenvalue weighted by Gasteiger charge is -2.35. The number of hydrogen-bond acceptors (Lipinski definition) is 1. The topological polar surface area (TPSA) is 37.3 Å². The predicted octanol–water partition coefficient (Wildman–Crippen LogP) is 3.36. The molecule has 0 saturated heterocycles. The van der Waals surface area contributed by atoms with Gasteiger partial charge in [-0.15, -0.1) is 0 Å². The summed E-state index contributed by atoms with van der Waals surface area (Å²) in [5.41, 5.74) is 0.741. The van der Waals surface area contributed by atoms with E-state index in [2.05, 4.69) is 0 Å². The number of rotatable bonds is 2. The highest BCUT2D eigenvalue weighted by atomic mass is 19.1. The summed E-state index contributed by atoms with van der Waals surface area (Å²) in [5, 5.41) is 9.29. The molecule has 0 heterocycles. The van der Waals surface area contributed by atoms with Gasteiger partial charge in [-0.1, -0.05) is 12.1 Å². The number of hydrogen-bond donors (Lipinski definition) is 1. The number of aliphatic carboxylic acids is 1. The van der Waals surface area contributed by atoms with Crippen molar-refractivity contribution >= 4 is 5.97 Å². The first-order valence-electron chi connectivity index (χ1n) is 5.95. The molecule has 0 fully saturated rings. The fourth-order valence-corrected chi connectivity index (χ4v) is 2.70. The molecule has 0 spiro atoms. The van der Waals surface area contributed by atoms with Crippen LogP contribution in [0, 0.1) is 11.2 Å². The number of carbonyl (C=O) groups is 1. The van der Waals surface area contributed by atoms with Crippen molar-refractivity contribution in [2.24, 2.45) is 5.41 Å². The van der Waals surface area contributed by atoms with Crippen molar-refractivity contribution in [3.8, 4) is 0 Å². The third-order valence-electron chi connectivity index (χ3n) is 3.87. The average molecular weight is 236 g/mol. The maximum atomic E-state index is 13.7. The Morgan fingerprint density at radius 3 is 2.82 bits per heavy atom. The fourth-order valence-electron chi connectivity index (χ4n) is 2.70. The molecule has 1 aromatic rings. The standard InChI is InChI=1S/C14H17FO2/c1-14(2,13(16)17)11-7-3-6-10-9(11)5-4-8-12(10)15/h4-5,8,11H,3,6-7H2,1-2H3,(H,16,17). The van der Waals surface area contributed by atoms with Gasteiger partial charge in [0, 0.05) is 0 Å². The van der Waals surface area contributed by atoms with E-state index in [-0.39, 0.29) is 11.7 Å². The smallest absolute Gasteiger partial charge is 0.309 e. The van der Waals surface area contributed by atoms with Crippen LogP contribution < -0.4 is 0 Å². The van der Waals surface area contributed by atoms with E-state index < -0.39 is 11.4 Å². The van der Waals surface area contributed by atoms with Crippen LogP contribution in [0.5, 0.6) is 0 Å². The van der Waals surface area contributed by atoms with Gasteiger partial charge in [0.1, 0.15) is 5.82 Å². The van der Waals surface area contributed by atoms with Crippen molar-refractivity contribution in [3.05, 3.63) is 35.1 Å². The first kappa shape index (κ1) is 12.1. The van der Waals surface area contributed by atoms with Crippen molar-refractivity contribution in [3.63, 3.8) is 0 Å². The van der Waals surface area contributed by atoms with Crippen molar-refractivity contribution in [1.29, 1.82) is 0 Å². The quantitative estimate of drug-likeness (QED) is 0.855. The lowest BCUT2D eigenvalue weighted by atomic mass is 9.68. The molecule has 1 aromatic carbocycles. The van der Waals surface area contributed by atoms with Crippen LogP contribution in [-0.2, 0) is 11.2 Å². The molecule has 0 amide bonds. The van der Waals surface area contributed by atoms with Gasteiger partial charge in [0.15, 0.2) is 0 Å². The van der Waals surface area contributed by atoms with Crippen molar-refractivity contribution in [2.75, 3.05) is 0 Å². The van der Waals surface area contributed by atoms with E-state index in [9.17, 15) is 14.3 Å². The fraction of sp³-hybridized carbons (Fsp3) is 0.500. The van der Waals surface area contributed by atoms with Crippen LogP contribution in [0.4, 0.5) is 4.39 Å². The predicted molar refractivity (Wildman–Crippen MR) is 63.5 cm³/mol. The van der Waals surface area contributed by atoms with Crippen LogP contribution in [-0.4, -0.2) is 11.1 Å². The molecule has 3 heteroatoms. The zero-order valence-electron chi connectivity index (χ0n) is 10.2. The molecule has 0 radical (unpaired) electrons. The molecule has 1 unspecified atom stereocenters. The van der Waals surface area contributed by atoms with Crippen LogP contribution >= 0.6 is 0 Å². The van der Waals surface area contributed by atoms with Gasteiger partial charge < -0.3 is 5.11 Å². The van der Waals surface area contributed by atoms with E-state index in [1.54, 1.807) is 19.9 Å². The van der Waals surface area contributed by atoms with Gasteiger partial charge >= 0.3 is 5.97 Å². The zero-order valence-corrected chi connectivity index (χ0v) is 10.2. The summed E-state index contributed by atoms with van der Waals surface area (Å²) < 4.78 is 13.7. The molecule has 1 aliphatic rings. The highest BCUT2D eigenvalue weighted by Gasteiger charge is 2.40. The second kappa shape index (κ2) is 4.13. The minimum absolute atomic E-state index is 0.0977. The Kier molecular flexibility index (Phi) is 2.94. The Balaban J connectivity index is 2.49. The van der Waals surface area contributed by atoms with E-state index in [0.717, 1.165) is 18.4 Å². The SMILES string of the molecule is CC(C)(C(=O)O)C1CCCc2c(F)cccc21. The molecule has 0 bridgehead atoms. The van der Waals surface area contributed by atoms with Crippen LogP contribution in [0.25, 0.3) is 0 Å². The van der Waals surface area contributed by atoms with Gasteiger partial charge in [0.25, 0.3) is 0 Å². The molecule has 0 saturated carbocycles. The van der Waals surface area contributed by atoms with Crippen molar-refractivity contribution < 1.29 is 14.3 Å². The highest BCUT2D eigenvalue weighted by Crippen LogP contribution is 2.44. The summed E-state index contributed by atoms with van der Waals surface area (Å²) in [6.07, 6.45) is 2.39. The Labute approximate surface area is 100 Å². The summed E-state index contributed by atoms with van der Waals surface area (Å²) >= 11 is 0. The third-order valence-corrected chi connectivity index (χ3v) is 3.87. The van der Waals surface area contributed by atoms with Gasteiger partial charge in [-0.2, -0.15) is 0 Å². The van der Waals surface area contributed by atoms with Gasteiger partial charge in [-0.3, -0.25) is 4.79 Å². The maximum Gasteiger partial charge on any atom is 0.309 e. The Bertz CT molecular complexity index is 452. The molecule has 1 atom stereocenters. The number of carboxylic acids is 1. The lowest BCUT2D eigenvalue weighted by Crippen LogP contribution is -2.33.